The summed E-state index contributed by atoms with van der Waals surface area (Å²) in [4.78, 5) is 14.9. The second kappa shape index (κ2) is 8.94. The van der Waals surface area contributed by atoms with Gasteiger partial charge in [0.2, 0.25) is 15.9 Å². The van der Waals surface area contributed by atoms with Crippen LogP contribution in [0.5, 0.6) is 0 Å². The van der Waals surface area contributed by atoms with Crippen LogP contribution in [0.4, 0.5) is 0 Å². The van der Waals surface area contributed by atoms with Crippen LogP contribution in [0.15, 0.2) is 57.9 Å². The van der Waals surface area contributed by atoms with Crippen molar-refractivity contribution < 1.29 is 13.2 Å². The van der Waals surface area contributed by atoms with Crippen molar-refractivity contribution in [3.8, 4) is 0 Å². The Balaban J connectivity index is 1.34. The zero-order chi connectivity index (χ0) is 21.3. The molecule has 0 spiro atoms. The van der Waals surface area contributed by atoms with E-state index in [2.05, 4.69) is 26.8 Å². The normalized spacial score (nSPS) is 22.9. The summed E-state index contributed by atoms with van der Waals surface area (Å²) in [7, 11) is -3.56. The van der Waals surface area contributed by atoms with E-state index in [1.165, 1.54) is 4.31 Å². The van der Waals surface area contributed by atoms with Crippen molar-refractivity contribution in [2.45, 2.75) is 23.4 Å². The topological polar surface area (TPSA) is 81.8 Å². The summed E-state index contributed by atoms with van der Waals surface area (Å²) in [5.41, 5.74) is 7.31. The highest BCUT2D eigenvalue weighted by atomic mass is 79.9. The monoisotopic (exact) mass is 512 g/mol. The van der Waals surface area contributed by atoms with Crippen LogP contribution in [0.2, 0.25) is 5.02 Å². The number of halogens is 2. The number of carbonyl (C=O) groups excluding carboxylic acids is 1. The van der Waals surface area contributed by atoms with Crippen LogP contribution in [-0.2, 0) is 14.8 Å². The van der Waals surface area contributed by atoms with Crippen molar-refractivity contribution in [3.63, 3.8) is 0 Å². The summed E-state index contributed by atoms with van der Waals surface area (Å²) >= 11 is 9.26. The minimum absolute atomic E-state index is 0.0142. The number of piperazine rings is 1. The molecule has 2 aliphatic rings. The molecule has 0 aliphatic carbocycles. The fraction of sp³-hybridized carbons (Fsp3) is 0.350. The number of amides is 1. The highest BCUT2D eigenvalue weighted by Crippen LogP contribution is 2.25. The van der Waals surface area contributed by atoms with Crippen molar-refractivity contribution >= 4 is 43.5 Å². The number of rotatable bonds is 4. The van der Waals surface area contributed by atoms with Gasteiger partial charge in [0.05, 0.1) is 4.90 Å². The Kier molecular flexibility index (Phi) is 6.47. The number of benzene rings is 2. The van der Waals surface area contributed by atoms with E-state index in [0.29, 0.717) is 24.5 Å². The number of hydrazine groups is 1. The van der Waals surface area contributed by atoms with Crippen LogP contribution >= 0.6 is 27.5 Å². The molecule has 0 saturated carbocycles. The Morgan fingerprint density at radius 2 is 1.60 bits per heavy atom. The SMILES string of the molecule is O=C(C1CC(c2ccc(Cl)cc2)NN1)N1CCN(S(=O)(=O)c2ccc(Br)cc2)CC1. The maximum atomic E-state index is 12.9. The number of carbonyl (C=O) groups is 1. The first kappa shape index (κ1) is 21.7. The Hall–Kier alpha value is -1.49. The van der Waals surface area contributed by atoms with E-state index in [0.717, 1.165) is 10.0 Å². The summed E-state index contributed by atoms with van der Waals surface area (Å²) in [6.07, 6.45) is 0.623. The Morgan fingerprint density at radius 3 is 2.23 bits per heavy atom. The van der Waals surface area contributed by atoms with Crippen LogP contribution in [-0.4, -0.2) is 55.8 Å². The molecular weight excluding hydrogens is 492 g/mol. The third-order valence-electron chi connectivity index (χ3n) is 5.48. The lowest BCUT2D eigenvalue weighted by Gasteiger charge is -2.35. The quantitative estimate of drug-likeness (QED) is 0.657. The molecule has 0 aromatic heterocycles. The van der Waals surface area contributed by atoms with Crippen molar-refractivity contribution in [2.24, 2.45) is 0 Å². The van der Waals surface area contributed by atoms with Crippen LogP contribution in [0.1, 0.15) is 18.0 Å². The molecule has 2 aromatic carbocycles. The molecule has 30 heavy (non-hydrogen) atoms. The minimum atomic E-state index is -3.56. The number of sulfonamides is 1. The molecule has 2 aliphatic heterocycles. The first-order valence-electron chi connectivity index (χ1n) is 9.65. The van der Waals surface area contributed by atoms with E-state index < -0.39 is 10.0 Å². The first-order chi connectivity index (χ1) is 14.3. The summed E-state index contributed by atoms with van der Waals surface area (Å²) < 4.78 is 27.9. The van der Waals surface area contributed by atoms with E-state index >= 15 is 0 Å². The van der Waals surface area contributed by atoms with Crippen molar-refractivity contribution in [1.29, 1.82) is 0 Å². The van der Waals surface area contributed by atoms with Crippen LogP contribution in [0, 0.1) is 0 Å². The zero-order valence-electron chi connectivity index (χ0n) is 16.1. The number of hydrogen-bond donors (Lipinski definition) is 2. The standard InChI is InChI=1S/C20H22BrClN4O3S/c21-15-3-7-17(8-4-15)30(28,29)26-11-9-25(10-12-26)20(27)19-13-18(23-24-19)14-1-5-16(22)6-2-14/h1-8,18-19,23-24H,9-13H2. The van der Waals surface area contributed by atoms with Crippen LogP contribution in [0.25, 0.3) is 0 Å². The van der Waals surface area contributed by atoms with E-state index in [4.69, 9.17) is 11.6 Å². The second-order valence-electron chi connectivity index (χ2n) is 7.36. The second-order valence-corrected chi connectivity index (χ2v) is 10.7. The largest absolute Gasteiger partial charge is 0.339 e. The first-order valence-corrected chi connectivity index (χ1v) is 12.3. The molecular formula is C20H22BrClN4O3S. The molecule has 2 heterocycles. The van der Waals surface area contributed by atoms with Gasteiger partial charge in [-0.05, 0) is 48.4 Å². The van der Waals surface area contributed by atoms with Gasteiger partial charge in [0, 0.05) is 41.7 Å². The third kappa shape index (κ3) is 4.56. The fourth-order valence-electron chi connectivity index (χ4n) is 3.76. The summed E-state index contributed by atoms with van der Waals surface area (Å²) in [5, 5.41) is 0.674. The van der Waals surface area contributed by atoms with Crippen LogP contribution < -0.4 is 10.9 Å². The molecule has 0 bridgehead atoms. The number of nitrogens with zero attached hydrogens (tertiary/aromatic N) is 2. The average molecular weight is 514 g/mol. The molecule has 2 unspecified atom stereocenters. The molecule has 2 saturated heterocycles. The van der Waals surface area contributed by atoms with Gasteiger partial charge in [0.25, 0.3) is 0 Å². The molecule has 2 aromatic rings. The highest BCUT2D eigenvalue weighted by Gasteiger charge is 2.36. The summed E-state index contributed by atoms with van der Waals surface area (Å²) in [5.74, 6) is -0.0142. The summed E-state index contributed by atoms with van der Waals surface area (Å²) in [6.45, 7) is 1.31. The number of hydrogen-bond acceptors (Lipinski definition) is 5. The Bertz CT molecular complexity index is 1010. The van der Waals surface area contributed by atoms with Gasteiger partial charge in [-0.1, -0.05) is 39.7 Å². The molecule has 4 rings (SSSR count). The van der Waals surface area contributed by atoms with E-state index in [1.54, 1.807) is 29.2 Å². The number of nitrogens with one attached hydrogen (secondary N) is 2. The van der Waals surface area contributed by atoms with Gasteiger partial charge in [0.1, 0.15) is 6.04 Å². The van der Waals surface area contributed by atoms with E-state index in [-0.39, 0.29) is 36.0 Å². The minimum Gasteiger partial charge on any atom is -0.339 e. The molecule has 7 nitrogen and oxygen atoms in total. The fourth-order valence-corrected chi connectivity index (χ4v) is 5.57. The predicted octanol–water partition coefficient (Wildman–Crippen LogP) is 2.54. The third-order valence-corrected chi connectivity index (χ3v) is 8.17. The highest BCUT2D eigenvalue weighted by molar-refractivity contribution is 9.10. The summed E-state index contributed by atoms with van der Waals surface area (Å²) in [6, 6.07) is 13.8. The van der Waals surface area contributed by atoms with Gasteiger partial charge in [-0.25, -0.2) is 19.3 Å². The maximum absolute atomic E-state index is 12.9. The molecule has 160 valence electrons. The van der Waals surface area contributed by atoms with Gasteiger partial charge in [-0.15, -0.1) is 0 Å². The van der Waals surface area contributed by atoms with Gasteiger partial charge in [-0.3, -0.25) is 4.79 Å². The lowest BCUT2D eigenvalue weighted by atomic mass is 10.0. The smallest absolute Gasteiger partial charge is 0.243 e. The molecule has 2 fully saturated rings. The van der Waals surface area contributed by atoms with Gasteiger partial charge >= 0.3 is 0 Å². The van der Waals surface area contributed by atoms with E-state index in [1.807, 2.05) is 24.3 Å². The van der Waals surface area contributed by atoms with Crippen molar-refractivity contribution in [2.75, 3.05) is 26.2 Å². The predicted molar refractivity (Wildman–Crippen MR) is 118 cm³/mol. The maximum Gasteiger partial charge on any atom is 0.243 e. The van der Waals surface area contributed by atoms with Gasteiger partial charge in [-0.2, -0.15) is 4.31 Å². The Labute approximate surface area is 189 Å². The van der Waals surface area contributed by atoms with Crippen molar-refractivity contribution in [3.05, 3.63) is 63.6 Å². The van der Waals surface area contributed by atoms with Crippen molar-refractivity contribution in [1.82, 2.24) is 20.1 Å². The molecule has 0 radical (unpaired) electrons. The average Bonchev–Trinajstić information content (AvgIpc) is 3.24. The lowest BCUT2D eigenvalue weighted by molar-refractivity contribution is -0.134. The zero-order valence-corrected chi connectivity index (χ0v) is 19.3. The Morgan fingerprint density at radius 1 is 0.967 bits per heavy atom. The van der Waals surface area contributed by atoms with Crippen LogP contribution in [0.3, 0.4) is 0 Å². The molecule has 2 N–H and O–H groups in total. The molecule has 10 heteroatoms. The van der Waals surface area contributed by atoms with Gasteiger partial charge < -0.3 is 4.90 Å². The van der Waals surface area contributed by atoms with E-state index in [9.17, 15) is 13.2 Å². The lowest BCUT2D eigenvalue weighted by Crippen LogP contribution is -2.54. The molecule has 1 amide bonds. The molecule has 2 atom stereocenters. The van der Waals surface area contributed by atoms with Gasteiger partial charge in [0.15, 0.2) is 0 Å².